The Morgan fingerprint density at radius 1 is 1.02 bits per heavy atom. The lowest BCUT2D eigenvalue weighted by atomic mass is 10.0. The van der Waals surface area contributed by atoms with Crippen LogP contribution in [0.2, 0.25) is 0 Å². The second-order valence-corrected chi connectivity index (χ2v) is 11.6. The molecule has 2 amide bonds. The van der Waals surface area contributed by atoms with Gasteiger partial charge in [0.2, 0.25) is 11.8 Å². The van der Waals surface area contributed by atoms with Gasteiger partial charge in [0.15, 0.2) is 11.6 Å². The van der Waals surface area contributed by atoms with E-state index in [9.17, 15) is 28.6 Å². The van der Waals surface area contributed by atoms with E-state index in [0.717, 1.165) is 17.8 Å². The average molecular weight is 591 g/mol. The summed E-state index contributed by atoms with van der Waals surface area (Å²) >= 11 is 0. The summed E-state index contributed by atoms with van der Waals surface area (Å²) in [5.41, 5.74) is 1.35. The molecular formula is C28H36F2N6O6. The third-order valence-corrected chi connectivity index (χ3v) is 8.57. The topological polar surface area (TPSA) is 143 Å². The van der Waals surface area contributed by atoms with E-state index >= 15 is 0 Å². The van der Waals surface area contributed by atoms with Crippen LogP contribution in [0, 0.1) is 11.6 Å². The summed E-state index contributed by atoms with van der Waals surface area (Å²) in [7, 11) is 0. The van der Waals surface area contributed by atoms with Crippen molar-refractivity contribution in [2.45, 2.75) is 68.5 Å². The van der Waals surface area contributed by atoms with Gasteiger partial charge in [-0.05, 0) is 24.1 Å². The molecule has 6 rings (SSSR count). The number of halogens is 2. The number of fused-ring (bicyclic) bond motifs is 6. The number of carbonyl (C=O) groups is 2. The van der Waals surface area contributed by atoms with Crippen molar-refractivity contribution in [3.05, 3.63) is 53.6 Å². The largest absolute Gasteiger partial charge is 0.388 e. The Kier molecular flexibility index (Phi) is 8.52. The Bertz CT molecular complexity index is 1270. The van der Waals surface area contributed by atoms with E-state index in [4.69, 9.17) is 9.47 Å². The molecule has 1 aromatic heterocycles. The number of nitrogens with zero attached hydrogens (tertiary/aromatic N) is 4. The quantitative estimate of drug-likeness (QED) is 0.366. The number of amides is 2. The van der Waals surface area contributed by atoms with Crippen LogP contribution in [0.5, 0.6) is 0 Å². The van der Waals surface area contributed by atoms with Crippen LogP contribution in [-0.2, 0) is 32.2 Å². The first-order valence-corrected chi connectivity index (χ1v) is 14.3. The van der Waals surface area contributed by atoms with Crippen molar-refractivity contribution < 1.29 is 38.1 Å². The molecule has 7 atom stereocenters. The minimum Gasteiger partial charge on any atom is -0.388 e. The van der Waals surface area contributed by atoms with E-state index < -0.39 is 48.2 Å². The second kappa shape index (κ2) is 12.3. The first-order chi connectivity index (χ1) is 20.2. The number of morpholine rings is 1. The molecule has 4 aliphatic heterocycles. The van der Waals surface area contributed by atoms with Crippen LogP contribution in [0.3, 0.4) is 0 Å². The summed E-state index contributed by atoms with van der Waals surface area (Å²) in [5.74, 6) is -2.32. The summed E-state index contributed by atoms with van der Waals surface area (Å²) < 4.78 is 39.6. The number of rotatable bonds is 4. The number of hydrogen-bond donors (Lipinski definition) is 4. The Morgan fingerprint density at radius 3 is 2.64 bits per heavy atom. The molecular weight excluding hydrogens is 554 g/mol. The molecule has 0 spiro atoms. The van der Waals surface area contributed by atoms with E-state index in [0.29, 0.717) is 51.3 Å². The molecule has 4 aliphatic rings. The number of aliphatic hydroxyl groups excluding tert-OH is 2. The maximum absolute atomic E-state index is 14.0. The molecule has 0 radical (unpaired) electrons. The number of aromatic amines is 1. The van der Waals surface area contributed by atoms with E-state index in [1.165, 1.54) is 6.07 Å². The van der Waals surface area contributed by atoms with Gasteiger partial charge in [0.05, 0.1) is 43.7 Å². The van der Waals surface area contributed by atoms with Crippen LogP contribution in [0.4, 0.5) is 8.78 Å². The normalized spacial score (nSPS) is 33.2. The molecule has 12 nitrogen and oxygen atoms in total. The van der Waals surface area contributed by atoms with Crippen molar-refractivity contribution >= 4 is 11.8 Å². The number of hydrogen-bond acceptors (Lipinski definition) is 9. The summed E-state index contributed by atoms with van der Waals surface area (Å²) in [6.45, 7) is 2.59. The van der Waals surface area contributed by atoms with Gasteiger partial charge in [-0.1, -0.05) is 6.07 Å². The molecule has 6 bridgehead atoms. The molecule has 42 heavy (non-hydrogen) atoms. The van der Waals surface area contributed by atoms with Gasteiger partial charge in [-0.25, -0.2) is 13.8 Å². The molecule has 4 fully saturated rings. The van der Waals surface area contributed by atoms with Crippen LogP contribution in [0.15, 0.2) is 30.7 Å². The number of aliphatic hydroxyl groups is 2. The van der Waals surface area contributed by atoms with Crippen molar-refractivity contribution in [3.8, 4) is 0 Å². The number of imidazole rings is 1. The van der Waals surface area contributed by atoms with Gasteiger partial charge >= 0.3 is 0 Å². The first-order valence-electron chi connectivity index (χ1n) is 14.3. The van der Waals surface area contributed by atoms with Gasteiger partial charge in [-0.15, -0.1) is 0 Å². The van der Waals surface area contributed by atoms with Crippen LogP contribution in [0.1, 0.15) is 24.1 Å². The highest BCUT2D eigenvalue weighted by Crippen LogP contribution is 2.28. The van der Waals surface area contributed by atoms with Crippen molar-refractivity contribution in [2.75, 3.05) is 39.3 Å². The van der Waals surface area contributed by atoms with Gasteiger partial charge in [0.1, 0.15) is 12.2 Å². The number of likely N-dealkylation sites (tertiary alicyclic amines) is 1. The highest BCUT2D eigenvalue weighted by Gasteiger charge is 2.46. The zero-order chi connectivity index (χ0) is 29.4. The summed E-state index contributed by atoms with van der Waals surface area (Å²) in [5, 5.41) is 24.6. The molecule has 4 N–H and O–H groups in total. The Labute approximate surface area is 241 Å². The summed E-state index contributed by atoms with van der Waals surface area (Å²) in [6, 6.07) is 2.90. The van der Waals surface area contributed by atoms with Crippen LogP contribution < -0.4 is 5.32 Å². The fraction of sp³-hybridized carbons (Fsp3) is 0.607. The highest BCUT2D eigenvalue weighted by atomic mass is 19.2. The third-order valence-electron chi connectivity index (χ3n) is 8.57. The zero-order valence-electron chi connectivity index (χ0n) is 23.1. The van der Waals surface area contributed by atoms with Crippen molar-refractivity contribution in [3.63, 3.8) is 0 Å². The second-order valence-electron chi connectivity index (χ2n) is 11.6. The van der Waals surface area contributed by atoms with Crippen LogP contribution >= 0.6 is 0 Å². The lowest BCUT2D eigenvalue weighted by Gasteiger charge is -2.38. The average Bonchev–Trinajstić information content (AvgIpc) is 3.68. The van der Waals surface area contributed by atoms with Crippen molar-refractivity contribution in [2.24, 2.45) is 0 Å². The Morgan fingerprint density at radius 2 is 1.86 bits per heavy atom. The number of nitrogens with one attached hydrogen (secondary N) is 2. The van der Waals surface area contributed by atoms with Gasteiger partial charge in [0.25, 0.3) is 0 Å². The molecule has 4 saturated heterocycles. The monoisotopic (exact) mass is 590 g/mol. The van der Waals surface area contributed by atoms with E-state index in [2.05, 4.69) is 15.3 Å². The number of H-pyrrole nitrogens is 1. The molecule has 0 unspecified atom stereocenters. The molecule has 0 saturated carbocycles. The fourth-order valence-corrected chi connectivity index (χ4v) is 6.53. The van der Waals surface area contributed by atoms with Crippen LogP contribution in [0.25, 0.3) is 0 Å². The number of aromatic nitrogens is 2. The van der Waals surface area contributed by atoms with E-state index in [1.54, 1.807) is 17.4 Å². The molecule has 2 aromatic rings. The maximum Gasteiger partial charge on any atom is 0.240 e. The van der Waals surface area contributed by atoms with Crippen LogP contribution in [-0.4, -0.2) is 129 Å². The van der Waals surface area contributed by atoms with Crippen molar-refractivity contribution in [1.29, 1.82) is 0 Å². The molecule has 0 aliphatic carbocycles. The molecule has 228 valence electrons. The lowest BCUT2D eigenvalue weighted by Crippen LogP contribution is -2.54. The molecule has 1 aromatic carbocycles. The van der Waals surface area contributed by atoms with Gasteiger partial charge in [0, 0.05) is 63.7 Å². The van der Waals surface area contributed by atoms with Gasteiger partial charge < -0.3 is 34.9 Å². The lowest BCUT2D eigenvalue weighted by molar-refractivity contribution is -0.145. The summed E-state index contributed by atoms with van der Waals surface area (Å²) in [4.78, 5) is 39.8. The number of carbonyl (C=O) groups excluding carboxylic acids is 2. The first kappa shape index (κ1) is 29.1. The molecule has 5 heterocycles. The van der Waals surface area contributed by atoms with Gasteiger partial charge in [-0.3, -0.25) is 19.4 Å². The maximum atomic E-state index is 14.0. The smallest absolute Gasteiger partial charge is 0.240 e. The predicted molar refractivity (Wildman–Crippen MR) is 143 cm³/mol. The minimum absolute atomic E-state index is 0.0481. The van der Waals surface area contributed by atoms with E-state index in [1.807, 2.05) is 9.80 Å². The Balaban J connectivity index is 1.26. The third kappa shape index (κ3) is 6.33. The summed E-state index contributed by atoms with van der Waals surface area (Å²) in [6.07, 6.45) is -1.14. The highest BCUT2D eigenvalue weighted by molar-refractivity contribution is 5.83. The standard InChI is InChI=1S/C28H36F2N6O6/c29-20-2-1-16(5-21(20)30)9-34-12-19-13-35(3-4-41-19)28(40)22-6-17(10-36(22)11-18-8-31-15-32-18)33-25(37)7-23-26(38)27(39)24(14-34)42-23/h1-2,5,8,15,17,19,22-24,26-27,38-39H,3-4,6-7,9-14H2,(H,31,32)(H,33,37)/t17-,19+,22-,23-,24+,26-,27+/m0/s1. The number of benzene rings is 1. The fourth-order valence-electron chi connectivity index (χ4n) is 6.53. The van der Waals surface area contributed by atoms with Crippen molar-refractivity contribution in [1.82, 2.24) is 30.0 Å². The Hall–Kier alpha value is -3.01. The zero-order valence-corrected chi connectivity index (χ0v) is 23.1. The van der Waals surface area contributed by atoms with E-state index in [-0.39, 0.29) is 37.4 Å². The van der Waals surface area contributed by atoms with Gasteiger partial charge in [-0.2, -0.15) is 0 Å². The predicted octanol–water partition coefficient (Wildman–Crippen LogP) is -0.630. The minimum atomic E-state index is -1.28. The SMILES string of the molecule is O=C1C[C@@H]2O[C@H](CN(Cc3ccc(F)c(F)c3)C[C@@H]3CN(CCO3)C(=O)[C@@H]3C[C@@H](CN3Cc3cnc[nH]3)N1)[C@@H](O)[C@H]2O. The molecule has 14 heteroatoms. The number of ether oxygens (including phenoxy) is 2.